The molecule has 5 nitrogen and oxygen atoms in total. The van der Waals surface area contributed by atoms with Crippen molar-refractivity contribution in [3.63, 3.8) is 0 Å². The van der Waals surface area contributed by atoms with Crippen LogP contribution in [0.25, 0.3) is 10.1 Å². The molecule has 4 aliphatic heterocycles. The van der Waals surface area contributed by atoms with Crippen molar-refractivity contribution in [2.24, 2.45) is 5.92 Å². The van der Waals surface area contributed by atoms with E-state index < -0.39 is 0 Å². The molecule has 1 amide bonds. The molecule has 1 spiro atoms. The fourth-order valence-electron chi connectivity index (χ4n) is 5.56. The van der Waals surface area contributed by atoms with E-state index in [-0.39, 0.29) is 11.4 Å². The van der Waals surface area contributed by atoms with E-state index in [1.54, 1.807) is 11.3 Å². The molecule has 27 heavy (non-hydrogen) atoms. The third-order valence-electron chi connectivity index (χ3n) is 7.20. The molecule has 0 radical (unpaired) electrons. The van der Waals surface area contributed by atoms with Crippen molar-refractivity contribution < 1.29 is 9.53 Å². The summed E-state index contributed by atoms with van der Waals surface area (Å²) in [6.07, 6.45) is 4.95. The number of hydrogen-bond acceptors (Lipinski definition) is 5. The number of fused-ring (bicyclic) bond motifs is 5. The lowest BCUT2D eigenvalue weighted by Gasteiger charge is -2.52. The first-order valence-electron chi connectivity index (χ1n) is 10.1. The van der Waals surface area contributed by atoms with Crippen molar-refractivity contribution >= 4 is 33.0 Å². The lowest BCUT2D eigenvalue weighted by molar-refractivity contribution is -0.00138. The molecule has 6 heteroatoms. The summed E-state index contributed by atoms with van der Waals surface area (Å²) in [6.45, 7) is 4.04. The molecule has 3 saturated heterocycles. The Labute approximate surface area is 163 Å². The standard InChI is InChI=1S/C21H25N3O2S/c1-23-10-11-26-17-15(23)3-2-14-12-16(27-18(14)17)20(25)22-19-13-4-8-24(9-5-13)21(19)6-7-21/h2-3,12-13,19H,4-11H2,1H3,(H,22,25)/t19-/m1/s1. The smallest absolute Gasteiger partial charge is 0.261 e. The van der Waals surface area contributed by atoms with Gasteiger partial charge in [0.1, 0.15) is 6.61 Å². The first-order chi connectivity index (χ1) is 13.2. The topological polar surface area (TPSA) is 44.8 Å². The summed E-state index contributed by atoms with van der Waals surface area (Å²) in [6, 6.07) is 6.59. The van der Waals surface area contributed by atoms with E-state index in [4.69, 9.17) is 4.74 Å². The van der Waals surface area contributed by atoms with Crippen molar-refractivity contribution in [3.8, 4) is 5.75 Å². The number of hydrogen-bond donors (Lipinski definition) is 1. The van der Waals surface area contributed by atoms with Gasteiger partial charge in [-0.05, 0) is 62.2 Å². The Morgan fingerprint density at radius 3 is 2.85 bits per heavy atom. The van der Waals surface area contributed by atoms with E-state index in [2.05, 4.69) is 34.3 Å². The maximum atomic E-state index is 13.1. The zero-order valence-electron chi connectivity index (χ0n) is 15.7. The lowest BCUT2D eigenvalue weighted by Crippen LogP contribution is -2.65. The second-order valence-electron chi connectivity index (χ2n) is 8.59. The summed E-state index contributed by atoms with van der Waals surface area (Å²) >= 11 is 1.57. The van der Waals surface area contributed by atoms with Crippen LogP contribution in [0.3, 0.4) is 0 Å². The number of nitrogens with one attached hydrogen (secondary N) is 1. The largest absolute Gasteiger partial charge is 0.488 e. The molecular formula is C21H25N3O2S. The number of amides is 1. The highest BCUT2D eigenvalue weighted by Gasteiger charge is 2.60. The van der Waals surface area contributed by atoms with Gasteiger partial charge >= 0.3 is 0 Å². The van der Waals surface area contributed by atoms with Crippen molar-refractivity contribution in [2.45, 2.75) is 37.3 Å². The Bertz CT molecular complexity index is 927. The fraction of sp³-hybridized carbons (Fsp3) is 0.571. The van der Waals surface area contributed by atoms with Gasteiger partial charge in [0.15, 0.2) is 5.75 Å². The molecular weight excluding hydrogens is 358 g/mol. The van der Waals surface area contributed by atoms with Crippen LogP contribution in [0, 0.1) is 5.92 Å². The molecule has 5 aliphatic rings. The molecule has 1 atom stereocenters. The average Bonchev–Trinajstić information content (AvgIpc) is 3.33. The quantitative estimate of drug-likeness (QED) is 0.866. The number of rotatable bonds is 2. The SMILES string of the molecule is CN1CCOc2c1ccc1cc(C(=O)N[C@@H]3C4CCN(CC4)C34CC4)sc21. The summed E-state index contributed by atoms with van der Waals surface area (Å²) in [5.41, 5.74) is 1.40. The van der Waals surface area contributed by atoms with Crippen LogP contribution in [0.15, 0.2) is 18.2 Å². The van der Waals surface area contributed by atoms with E-state index >= 15 is 0 Å². The zero-order chi connectivity index (χ0) is 18.2. The highest BCUT2D eigenvalue weighted by molar-refractivity contribution is 7.21. The van der Waals surface area contributed by atoms with Gasteiger partial charge in [0.25, 0.3) is 5.91 Å². The summed E-state index contributed by atoms with van der Waals surface area (Å²) < 4.78 is 7.06. The molecule has 2 bridgehead atoms. The Morgan fingerprint density at radius 1 is 1.26 bits per heavy atom. The molecule has 7 rings (SSSR count). The van der Waals surface area contributed by atoms with E-state index in [9.17, 15) is 4.79 Å². The van der Waals surface area contributed by atoms with Crippen LogP contribution in [-0.4, -0.2) is 55.7 Å². The van der Waals surface area contributed by atoms with Gasteiger partial charge in [-0.2, -0.15) is 0 Å². The van der Waals surface area contributed by atoms with Gasteiger partial charge < -0.3 is 15.0 Å². The summed E-state index contributed by atoms with van der Waals surface area (Å²) in [4.78, 5) is 18.8. The monoisotopic (exact) mass is 383 g/mol. The van der Waals surface area contributed by atoms with Crippen molar-refractivity contribution in [2.75, 3.05) is 38.2 Å². The van der Waals surface area contributed by atoms with E-state index in [1.807, 2.05) is 6.07 Å². The van der Waals surface area contributed by atoms with E-state index in [0.717, 1.165) is 32.9 Å². The predicted molar refractivity (Wildman–Crippen MR) is 108 cm³/mol. The second kappa shape index (κ2) is 5.61. The predicted octanol–water partition coefficient (Wildman–Crippen LogP) is 3.09. The second-order valence-corrected chi connectivity index (χ2v) is 9.64. The zero-order valence-corrected chi connectivity index (χ0v) is 16.5. The third kappa shape index (κ3) is 2.29. The van der Waals surface area contributed by atoms with Crippen LogP contribution in [0.1, 0.15) is 35.4 Å². The van der Waals surface area contributed by atoms with Crippen LogP contribution in [0.5, 0.6) is 5.75 Å². The minimum Gasteiger partial charge on any atom is -0.488 e. The van der Waals surface area contributed by atoms with Crippen LogP contribution >= 0.6 is 11.3 Å². The number of carbonyl (C=O) groups excluding carboxylic acids is 1. The van der Waals surface area contributed by atoms with Gasteiger partial charge in [-0.3, -0.25) is 9.69 Å². The molecule has 2 aromatic rings. The molecule has 1 saturated carbocycles. The number of nitrogens with zero attached hydrogens (tertiary/aromatic N) is 2. The van der Waals surface area contributed by atoms with Gasteiger partial charge in [-0.1, -0.05) is 6.07 Å². The average molecular weight is 384 g/mol. The number of benzene rings is 1. The Kier molecular flexibility index (Phi) is 3.36. The van der Waals surface area contributed by atoms with Crippen LogP contribution < -0.4 is 15.0 Å². The number of thiophene rings is 1. The molecule has 0 unspecified atom stereocenters. The fourth-order valence-corrected chi connectivity index (χ4v) is 6.62. The third-order valence-corrected chi connectivity index (χ3v) is 8.35. The highest BCUT2D eigenvalue weighted by Crippen LogP contribution is 2.54. The molecule has 1 aliphatic carbocycles. The summed E-state index contributed by atoms with van der Waals surface area (Å²) in [7, 11) is 2.09. The Hall–Kier alpha value is -1.79. The summed E-state index contributed by atoms with van der Waals surface area (Å²) in [5, 5.41) is 4.55. The van der Waals surface area contributed by atoms with Crippen LogP contribution in [0.4, 0.5) is 5.69 Å². The number of piperidine rings is 3. The minimum atomic E-state index is 0.0964. The first kappa shape index (κ1) is 16.2. The van der Waals surface area contributed by atoms with Gasteiger partial charge in [0.2, 0.25) is 0 Å². The van der Waals surface area contributed by atoms with Crippen LogP contribution in [0.2, 0.25) is 0 Å². The van der Waals surface area contributed by atoms with Crippen molar-refractivity contribution in [1.29, 1.82) is 0 Å². The number of anilines is 1. The molecule has 142 valence electrons. The maximum Gasteiger partial charge on any atom is 0.261 e. The molecule has 1 aromatic heterocycles. The summed E-state index contributed by atoms with van der Waals surface area (Å²) in [5.74, 6) is 1.69. The van der Waals surface area contributed by atoms with Crippen molar-refractivity contribution in [1.82, 2.24) is 10.2 Å². The Balaban J connectivity index is 1.31. The first-order valence-corrected chi connectivity index (χ1v) is 10.9. The maximum absolute atomic E-state index is 13.1. The van der Waals surface area contributed by atoms with Gasteiger partial charge in [0, 0.05) is 12.6 Å². The number of ether oxygens (including phenoxy) is 1. The highest BCUT2D eigenvalue weighted by atomic mass is 32.1. The van der Waals surface area contributed by atoms with Gasteiger partial charge in [0.05, 0.1) is 27.9 Å². The van der Waals surface area contributed by atoms with E-state index in [1.165, 1.54) is 38.8 Å². The minimum absolute atomic E-state index is 0.0964. The molecule has 5 heterocycles. The molecule has 1 aromatic carbocycles. The van der Waals surface area contributed by atoms with E-state index in [0.29, 0.717) is 18.6 Å². The normalized spacial score (nSPS) is 30.3. The molecule has 4 fully saturated rings. The number of likely N-dealkylation sites (N-methyl/N-ethyl adjacent to an activating group) is 1. The lowest BCUT2D eigenvalue weighted by atomic mass is 9.77. The molecule has 1 N–H and O–H groups in total. The van der Waals surface area contributed by atoms with Crippen molar-refractivity contribution in [3.05, 3.63) is 23.1 Å². The Morgan fingerprint density at radius 2 is 2.07 bits per heavy atom. The number of carbonyl (C=O) groups is 1. The van der Waals surface area contributed by atoms with Gasteiger partial charge in [-0.25, -0.2) is 0 Å². The van der Waals surface area contributed by atoms with Gasteiger partial charge in [-0.15, -0.1) is 11.3 Å². The van der Waals surface area contributed by atoms with Crippen LogP contribution in [-0.2, 0) is 0 Å².